The smallest absolute Gasteiger partial charge is 0.0966 e. The average molecular weight is 419 g/mol. The van der Waals surface area contributed by atoms with Crippen LogP contribution < -0.4 is 10.6 Å². The number of H-pyrrole nitrogens is 1. The van der Waals surface area contributed by atoms with Crippen LogP contribution >= 0.6 is 0 Å². The molecule has 5 heteroatoms. The molecule has 0 aliphatic heterocycles. The zero-order chi connectivity index (χ0) is 21.4. The Morgan fingerprint density at radius 2 is 2.10 bits per heavy atom. The maximum Gasteiger partial charge on any atom is 0.0966 e. The van der Waals surface area contributed by atoms with Crippen LogP contribution in [0.1, 0.15) is 61.1 Å². The number of fused-ring (bicyclic) bond motifs is 2. The number of nitrogens with zero attached hydrogens (tertiary/aromatic N) is 1. The van der Waals surface area contributed by atoms with E-state index in [2.05, 4.69) is 64.9 Å². The summed E-state index contributed by atoms with van der Waals surface area (Å²) in [6.07, 6.45) is 9.93. The summed E-state index contributed by atoms with van der Waals surface area (Å²) in [7, 11) is 0. The highest BCUT2D eigenvalue weighted by Crippen LogP contribution is 2.35. The molecule has 5 nitrogen and oxygen atoms in total. The van der Waals surface area contributed by atoms with Crippen molar-refractivity contribution in [3.63, 3.8) is 0 Å². The van der Waals surface area contributed by atoms with E-state index in [0.29, 0.717) is 18.0 Å². The quantitative estimate of drug-likeness (QED) is 0.470. The van der Waals surface area contributed by atoms with Gasteiger partial charge in [-0.05, 0) is 80.7 Å². The molecular weight excluding hydrogens is 384 g/mol. The minimum Gasteiger partial charge on any atom is -0.387 e. The lowest BCUT2D eigenvalue weighted by Crippen LogP contribution is -2.43. The molecule has 0 radical (unpaired) electrons. The number of rotatable bonds is 6. The number of para-hydroxylation sites is 1. The third-order valence-corrected chi connectivity index (χ3v) is 7.41. The first-order chi connectivity index (χ1) is 15.1. The van der Waals surface area contributed by atoms with Crippen LogP contribution in [0.25, 0.3) is 10.9 Å². The molecule has 2 aliphatic rings. The van der Waals surface area contributed by atoms with E-state index >= 15 is 0 Å². The topological polar surface area (TPSA) is 73.0 Å². The Morgan fingerprint density at radius 3 is 2.97 bits per heavy atom. The lowest BCUT2D eigenvalue weighted by Gasteiger charge is -2.36. The first-order valence-electron chi connectivity index (χ1n) is 11.8. The monoisotopic (exact) mass is 418 g/mol. The number of pyridine rings is 1. The molecule has 4 atom stereocenters. The van der Waals surface area contributed by atoms with Gasteiger partial charge in [-0.2, -0.15) is 0 Å². The summed E-state index contributed by atoms with van der Waals surface area (Å²) >= 11 is 0. The van der Waals surface area contributed by atoms with E-state index in [4.69, 9.17) is 0 Å². The van der Waals surface area contributed by atoms with Gasteiger partial charge in [0.05, 0.1) is 11.8 Å². The highest BCUT2D eigenvalue weighted by atomic mass is 16.3. The molecule has 1 saturated carbocycles. The van der Waals surface area contributed by atoms with Gasteiger partial charge in [0.15, 0.2) is 0 Å². The van der Waals surface area contributed by atoms with Crippen molar-refractivity contribution in [3.8, 4) is 0 Å². The number of aryl methyl sites for hydroxylation is 1. The molecule has 164 valence electrons. The summed E-state index contributed by atoms with van der Waals surface area (Å²) in [5, 5.41) is 19.1. The predicted molar refractivity (Wildman–Crippen MR) is 126 cm³/mol. The van der Waals surface area contributed by atoms with Crippen LogP contribution in [0.5, 0.6) is 0 Å². The molecule has 2 aromatic heterocycles. The fraction of sp³-hybridized carbons (Fsp3) is 0.500. The van der Waals surface area contributed by atoms with Crippen LogP contribution in [-0.2, 0) is 12.8 Å². The first kappa shape index (κ1) is 20.5. The molecule has 0 saturated heterocycles. The van der Waals surface area contributed by atoms with Crippen LogP contribution in [-0.4, -0.2) is 33.7 Å². The molecular formula is C26H34N4O. The molecule has 4 unspecified atom stereocenters. The standard InChI is InChI=1S/C26H34N4O/c1-16-4-3-5-20-18(15-29-25(16)20)10-12-27-22-8-6-19(14-17(22)2)30-23-11-13-28-26-21(23)7-9-24(26)31/h3-5,11,13,15,17,19,22,24,27,29,31H,6-10,12,14H2,1-2H3,(H,28,30). The SMILES string of the molecule is Cc1cccc2c(CCNC3CCC(Nc4ccnc5c4CCC5O)CC3C)c[nH]c12. The van der Waals surface area contributed by atoms with Gasteiger partial charge in [0, 0.05) is 41.1 Å². The van der Waals surface area contributed by atoms with Crippen LogP contribution in [0, 0.1) is 12.8 Å². The zero-order valence-corrected chi connectivity index (χ0v) is 18.6. The van der Waals surface area contributed by atoms with Crippen molar-refractivity contribution >= 4 is 16.6 Å². The number of aromatic nitrogens is 2. The maximum absolute atomic E-state index is 10.1. The Kier molecular flexibility index (Phi) is 5.72. The summed E-state index contributed by atoms with van der Waals surface area (Å²) < 4.78 is 0. The number of hydrogen-bond acceptors (Lipinski definition) is 4. The molecule has 0 bridgehead atoms. The molecule has 2 aliphatic carbocycles. The van der Waals surface area contributed by atoms with Gasteiger partial charge in [-0.3, -0.25) is 4.98 Å². The second-order valence-corrected chi connectivity index (χ2v) is 9.53. The Labute approximate surface area is 184 Å². The van der Waals surface area contributed by atoms with E-state index in [-0.39, 0.29) is 0 Å². The van der Waals surface area contributed by atoms with Crippen LogP contribution in [0.15, 0.2) is 36.7 Å². The highest BCUT2D eigenvalue weighted by molar-refractivity contribution is 5.85. The first-order valence-corrected chi connectivity index (χ1v) is 11.8. The van der Waals surface area contributed by atoms with E-state index in [1.165, 1.54) is 52.5 Å². The zero-order valence-electron chi connectivity index (χ0n) is 18.6. The van der Waals surface area contributed by atoms with E-state index in [1.807, 2.05) is 6.20 Å². The van der Waals surface area contributed by atoms with Gasteiger partial charge in [-0.15, -0.1) is 0 Å². The van der Waals surface area contributed by atoms with Gasteiger partial charge >= 0.3 is 0 Å². The van der Waals surface area contributed by atoms with Gasteiger partial charge in [0.25, 0.3) is 0 Å². The van der Waals surface area contributed by atoms with Crippen molar-refractivity contribution in [3.05, 3.63) is 59.0 Å². The van der Waals surface area contributed by atoms with E-state index in [0.717, 1.165) is 31.5 Å². The molecule has 31 heavy (non-hydrogen) atoms. The Bertz CT molecular complexity index is 1060. The number of anilines is 1. The molecule has 0 amide bonds. The van der Waals surface area contributed by atoms with Crippen molar-refractivity contribution in [1.29, 1.82) is 0 Å². The molecule has 2 heterocycles. The molecule has 1 fully saturated rings. The van der Waals surface area contributed by atoms with Crippen molar-refractivity contribution in [1.82, 2.24) is 15.3 Å². The number of hydrogen-bond donors (Lipinski definition) is 4. The summed E-state index contributed by atoms with van der Waals surface area (Å²) in [4.78, 5) is 7.84. The van der Waals surface area contributed by atoms with Gasteiger partial charge in [0.2, 0.25) is 0 Å². The highest BCUT2D eigenvalue weighted by Gasteiger charge is 2.29. The molecule has 3 aromatic rings. The van der Waals surface area contributed by atoms with Crippen LogP contribution in [0.2, 0.25) is 0 Å². The van der Waals surface area contributed by atoms with Crippen molar-refractivity contribution < 1.29 is 5.11 Å². The van der Waals surface area contributed by atoms with E-state index in [9.17, 15) is 5.11 Å². The van der Waals surface area contributed by atoms with Crippen LogP contribution in [0.4, 0.5) is 5.69 Å². The van der Waals surface area contributed by atoms with E-state index < -0.39 is 6.10 Å². The minimum atomic E-state index is -0.392. The minimum absolute atomic E-state index is 0.392. The van der Waals surface area contributed by atoms with Gasteiger partial charge in [-0.1, -0.05) is 25.1 Å². The van der Waals surface area contributed by atoms with Gasteiger partial charge in [0.1, 0.15) is 0 Å². The third kappa shape index (κ3) is 4.09. The Balaban J connectivity index is 1.14. The van der Waals surface area contributed by atoms with Gasteiger partial charge < -0.3 is 20.7 Å². The Morgan fingerprint density at radius 1 is 1.19 bits per heavy atom. The number of benzene rings is 1. The second kappa shape index (κ2) is 8.64. The lowest BCUT2D eigenvalue weighted by molar-refractivity contribution is 0.176. The normalized spacial score (nSPS) is 25.6. The fourth-order valence-electron chi connectivity index (χ4n) is 5.62. The largest absolute Gasteiger partial charge is 0.387 e. The third-order valence-electron chi connectivity index (χ3n) is 7.41. The second-order valence-electron chi connectivity index (χ2n) is 9.53. The Hall–Kier alpha value is -2.37. The van der Waals surface area contributed by atoms with Gasteiger partial charge in [-0.25, -0.2) is 0 Å². The lowest BCUT2D eigenvalue weighted by atomic mass is 9.82. The predicted octanol–water partition coefficient (Wildman–Crippen LogP) is 4.65. The number of aliphatic hydroxyl groups is 1. The number of aliphatic hydroxyl groups excluding tert-OH is 1. The van der Waals surface area contributed by atoms with E-state index in [1.54, 1.807) is 0 Å². The van der Waals surface area contributed by atoms with Crippen LogP contribution in [0.3, 0.4) is 0 Å². The molecule has 0 spiro atoms. The number of aromatic amines is 1. The average Bonchev–Trinajstić information content (AvgIpc) is 3.35. The van der Waals surface area contributed by atoms with Crippen molar-refractivity contribution in [2.45, 2.75) is 70.6 Å². The summed E-state index contributed by atoms with van der Waals surface area (Å²) in [6.45, 7) is 5.56. The molecule has 4 N–H and O–H groups in total. The van der Waals surface area contributed by atoms with Crippen molar-refractivity contribution in [2.24, 2.45) is 5.92 Å². The number of nitrogens with one attached hydrogen (secondary N) is 3. The summed E-state index contributed by atoms with van der Waals surface area (Å²) in [5.74, 6) is 0.636. The van der Waals surface area contributed by atoms with Crippen molar-refractivity contribution in [2.75, 3.05) is 11.9 Å². The summed E-state index contributed by atoms with van der Waals surface area (Å²) in [6, 6.07) is 9.69. The maximum atomic E-state index is 10.1. The molecule has 5 rings (SSSR count). The summed E-state index contributed by atoms with van der Waals surface area (Å²) in [5.41, 5.74) is 7.26. The fourth-order valence-corrected chi connectivity index (χ4v) is 5.62. The molecule has 1 aromatic carbocycles.